The molecule has 1 N–H and O–H groups in total. The van der Waals surface area contributed by atoms with Gasteiger partial charge in [0.05, 0.1) is 26.4 Å². The first-order valence-corrected chi connectivity index (χ1v) is 13.7. The first-order chi connectivity index (χ1) is 20.2. The molecule has 4 aromatic carbocycles. The number of benzene rings is 4. The number of carboxylic acid groups (broad SMARTS) is 1. The summed E-state index contributed by atoms with van der Waals surface area (Å²) in [5.41, 5.74) is 3.73. The van der Waals surface area contributed by atoms with Crippen molar-refractivity contribution in [1.29, 1.82) is 0 Å². The van der Waals surface area contributed by atoms with Gasteiger partial charge < -0.3 is 28.8 Å². The van der Waals surface area contributed by atoms with Gasteiger partial charge in [-0.25, -0.2) is 4.79 Å². The minimum atomic E-state index is -1.34. The van der Waals surface area contributed by atoms with Gasteiger partial charge in [-0.1, -0.05) is 121 Å². The highest BCUT2D eigenvalue weighted by Crippen LogP contribution is 2.32. The third-order valence-corrected chi connectivity index (χ3v) is 6.85. The SMILES string of the molecule is O=C(O)[C@@H]1O[C@@H](OCc2ccccc2)[C@@H](OCc2ccccc2)[C@H](OCc2ccccc2)[C@H]1OCc1ccccc1. The molecule has 1 aliphatic rings. The summed E-state index contributed by atoms with van der Waals surface area (Å²) < 4.78 is 31.5. The molecular weight excluding hydrogens is 520 g/mol. The van der Waals surface area contributed by atoms with Crippen LogP contribution in [-0.2, 0) is 54.9 Å². The van der Waals surface area contributed by atoms with Crippen LogP contribution in [0.3, 0.4) is 0 Å². The first-order valence-electron chi connectivity index (χ1n) is 13.7. The van der Waals surface area contributed by atoms with Crippen LogP contribution in [0.2, 0.25) is 0 Å². The molecule has 1 fully saturated rings. The van der Waals surface area contributed by atoms with E-state index < -0.39 is 36.7 Å². The van der Waals surface area contributed by atoms with Crippen molar-refractivity contribution >= 4 is 5.97 Å². The lowest BCUT2D eigenvalue weighted by molar-refractivity contribution is -0.322. The van der Waals surface area contributed by atoms with E-state index in [9.17, 15) is 9.90 Å². The fourth-order valence-corrected chi connectivity index (χ4v) is 4.74. The van der Waals surface area contributed by atoms with Gasteiger partial charge >= 0.3 is 5.97 Å². The average molecular weight is 555 g/mol. The van der Waals surface area contributed by atoms with E-state index in [1.807, 2.05) is 121 Å². The fourth-order valence-electron chi connectivity index (χ4n) is 4.74. The second-order valence-corrected chi connectivity index (χ2v) is 9.84. The second-order valence-electron chi connectivity index (χ2n) is 9.84. The molecule has 7 nitrogen and oxygen atoms in total. The van der Waals surface area contributed by atoms with E-state index in [0.29, 0.717) is 0 Å². The van der Waals surface area contributed by atoms with Crippen molar-refractivity contribution in [3.63, 3.8) is 0 Å². The molecule has 0 spiro atoms. The molecular formula is C34H34O7. The minimum absolute atomic E-state index is 0.185. The summed E-state index contributed by atoms with van der Waals surface area (Å²) in [5, 5.41) is 10.2. The van der Waals surface area contributed by atoms with Crippen LogP contribution in [0.1, 0.15) is 22.3 Å². The Morgan fingerprint density at radius 3 is 1.24 bits per heavy atom. The molecule has 0 unspecified atom stereocenters. The average Bonchev–Trinajstić information content (AvgIpc) is 3.03. The molecule has 7 heteroatoms. The highest BCUT2D eigenvalue weighted by Gasteiger charge is 2.51. The van der Waals surface area contributed by atoms with E-state index in [-0.39, 0.29) is 26.4 Å². The number of aliphatic carboxylic acids is 1. The van der Waals surface area contributed by atoms with Crippen molar-refractivity contribution in [2.45, 2.75) is 57.1 Å². The van der Waals surface area contributed by atoms with E-state index in [1.165, 1.54) is 0 Å². The summed E-state index contributed by atoms with van der Waals surface area (Å²) >= 11 is 0. The van der Waals surface area contributed by atoms with Gasteiger partial charge in [-0.15, -0.1) is 0 Å². The van der Waals surface area contributed by atoms with Gasteiger partial charge in [0.25, 0.3) is 0 Å². The normalized spacial score (nSPS) is 22.3. The molecule has 0 bridgehead atoms. The number of carboxylic acids is 1. The lowest BCUT2D eigenvalue weighted by Gasteiger charge is -2.44. The lowest BCUT2D eigenvalue weighted by atomic mass is 9.97. The largest absolute Gasteiger partial charge is 0.479 e. The van der Waals surface area contributed by atoms with Crippen LogP contribution in [0.5, 0.6) is 0 Å². The maximum atomic E-state index is 12.5. The van der Waals surface area contributed by atoms with Crippen LogP contribution in [0.4, 0.5) is 0 Å². The monoisotopic (exact) mass is 554 g/mol. The second kappa shape index (κ2) is 14.7. The Hall–Kier alpha value is -3.85. The molecule has 1 saturated heterocycles. The molecule has 1 aliphatic heterocycles. The summed E-state index contributed by atoms with van der Waals surface area (Å²) in [7, 11) is 0. The van der Waals surface area contributed by atoms with Gasteiger partial charge in [0, 0.05) is 0 Å². The Bertz CT molecular complexity index is 1320. The number of carbonyl (C=O) groups is 1. The Balaban J connectivity index is 1.44. The van der Waals surface area contributed by atoms with Crippen molar-refractivity contribution < 1.29 is 33.6 Å². The van der Waals surface area contributed by atoms with Gasteiger partial charge in [-0.3, -0.25) is 0 Å². The van der Waals surface area contributed by atoms with Crippen LogP contribution < -0.4 is 0 Å². The number of hydrogen-bond donors (Lipinski definition) is 1. The van der Waals surface area contributed by atoms with Gasteiger partial charge in [-0.2, -0.15) is 0 Å². The Morgan fingerprint density at radius 2 is 0.854 bits per heavy atom. The Kier molecular flexibility index (Phi) is 10.3. The third kappa shape index (κ3) is 8.10. The summed E-state index contributed by atoms with van der Waals surface area (Å²) in [6.45, 7) is 0.892. The maximum absolute atomic E-state index is 12.5. The van der Waals surface area contributed by atoms with Crippen LogP contribution >= 0.6 is 0 Å². The molecule has 0 aliphatic carbocycles. The smallest absolute Gasteiger partial charge is 0.335 e. The quantitative estimate of drug-likeness (QED) is 0.225. The minimum Gasteiger partial charge on any atom is -0.479 e. The molecule has 1 heterocycles. The highest BCUT2D eigenvalue weighted by atomic mass is 16.7. The fraction of sp³-hybridized carbons (Fsp3) is 0.265. The van der Waals surface area contributed by atoms with Crippen LogP contribution in [0.15, 0.2) is 121 Å². The van der Waals surface area contributed by atoms with E-state index in [0.717, 1.165) is 22.3 Å². The molecule has 5 atom stereocenters. The van der Waals surface area contributed by atoms with E-state index in [1.54, 1.807) is 0 Å². The highest BCUT2D eigenvalue weighted by molar-refractivity contribution is 5.73. The number of hydrogen-bond acceptors (Lipinski definition) is 6. The standard InChI is InChI=1S/C34H34O7/c35-33(36)31-29(37-21-25-13-5-1-6-14-25)30(38-22-26-15-7-2-8-16-26)32(39-23-27-17-9-3-10-18-27)34(41-31)40-24-28-19-11-4-12-20-28/h1-20,29-32,34H,21-24H2,(H,35,36)/t29-,30-,31-,32+,34-/m1/s1. The predicted octanol–water partition coefficient (Wildman–Crippen LogP) is 5.77. The van der Waals surface area contributed by atoms with E-state index in [4.69, 9.17) is 23.7 Å². The molecule has 0 amide bonds. The topological polar surface area (TPSA) is 83.5 Å². The Labute approximate surface area is 240 Å². The van der Waals surface area contributed by atoms with Crippen molar-refractivity contribution in [2.75, 3.05) is 0 Å². The van der Waals surface area contributed by atoms with Crippen LogP contribution in [0.25, 0.3) is 0 Å². The molecule has 0 aromatic heterocycles. The summed E-state index contributed by atoms with van der Waals surface area (Å²) in [6, 6.07) is 38.7. The zero-order chi connectivity index (χ0) is 28.3. The molecule has 212 valence electrons. The zero-order valence-corrected chi connectivity index (χ0v) is 22.7. The number of ether oxygens (including phenoxy) is 5. The van der Waals surface area contributed by atoms with Gasteiger partial charge in [0.1, 0.15) is 18.3 Å². The first kappa shape index (κ1) is 28.7. The number of rotatable bonds is 13. The van der Waals surface area contributed by atoms with Crippen molar-refractivity contribution in [3.05, 3.63) is 144 Å². The summed E-state index contributed by atoms with van der Waals surface area (Å²) in [5.74, 6) is -1.16. The van der Waals surface area contributed by atoms with Gasteiger partial charge in [0.15, 0.2) is 12.4 Å². The maximum Gasteiger partial charge on any atom is 0.335 e. The van der Waals surface area contributed by atoms with E-state index >= 15 is 0 Å². The van der Waals surface area contributed by atoms with E-state index in [2.05, 4.69) is 0 Å². The summed E-state index contributed by atoms with van der Waals surface area (Å²) in [4.78, 5) is 12.5. The predicted molar refractivity (Wildman–Crippen MR) is 153 cm³/mol. The molecule has 0 saturated carbocycles. The van der Waals surface area contributed by atoms with Crippen LogP contribution in [0, 0.1) is 0 Å². The van der Waals surface area contributed by atoms with Crippen molar-refractivity contribution in [3.8, 4) is 0 Å². The van der Waals surface area contributed by atoms with Gasteiger partial charge in [-0.05, 0) is 22.3 Å². The summed E-state index contributed by atoms with van der Waals surface area (Å²) in [6.07, 6.45) is -4.90. The molecule has 4 aromatic rings. The lowest BCUT2D eigenvalue weighted by Crippen LogP contribution is -2.62. The van der Waals surface area contributed by atoms with Crippen molar-refractivity contribution in [1.82, 2.24) is 0 Å². The Morgan fingerprint density at radius 1 is 0.512 bits per heavy atom. The molecule has 5 rings (SSSR count). The van der Waals surface area contributed by atoms with Crippen molar-refractivity contribution in [2.24, 2.45) is 0 Å². The van der Waals surface area contributed by atoms with Crippen LogP contribution in [-0.4, -0.2) is 41.8 Å². The van der Waals surface area contributed by atoms with Gasteiger partial charge in [0.2, 0.25) is 0 Å². The zero-order valence-electron chi connectivity index (χ0n) is 22.7. The molecule has 41 heavy (non-hydrogen) atoms. The third-order valence-electron chi connectivity index (χ3n) is 6.85. The molecule has 0 radical (unpaired) electrons.